The van der Waals surface area contributed by atoms with Crippen LogP contribution in [0.3, 0.4) is 0 Å². The summed E-state index contributed by atoms with van der Waals surface area (Å²) in [7, 11) is 1.97. The van der Waals surface area contributed by atoms with Crippen LogP contribution in [-0.2, 0) is 18.4 Å². The Morgan fingerprint density at radius 3 is 2.50 bits per heavy atom. The minimum atomic E-state index is -0.133. The van der Waals surface area contributed by atoms with Gasteiger partial charge in [-0.25, -0.2) is 0 Å². The third-order valence-electron chi connectivity index (χ3n) is 7.17. The number of carbonyl (C=O) groups is 1. The number of hydrogen-bond donors (Lipinski definition) is 1. The van der Waals surface area contributed by atoms with Gasteiger partial charge in [-0.2, -0.15) is 5.10 Å². The number of hydrogen-bond acceptors (Lipinski definition) is 5. The highest BCUT2D eigenvalue weighted by Crippen LogP contribution is 2.37. The largest absolute Gasteiger partial charge is 0.490 e. The second kappa shape index (κ2) is 13.0. The summed E-state index contributed by atoms with van der Waals surface area (Å²) >= 11 is 6.32. The van der Waals surface area contributed by atoms with Gasteiger partial charge in [-0.3, -0.25) is 14.4 Å². The summed E-state index contributed by atoms with van der Waals surface area (Å²) in [6.45, 7) is 4.34. The van der Waals surface area contributed by atoms with Crippen molar-refractivity contribution in [1.29, 1.82) is 0 Å². The normalized spacial score (nSPS) is 15.3. The maximum atomic E-state index is 13.4. The molecule has 1 amide bonds. The van der Waals surface area contributed by atoms with Gasteiger partial charge in [0.25, 0.3) is 0 Å². The van der Waals surface area contributed by atoms with E-state index in [9.17, 15) is 4.79 Å². The van der Waals surface area contributed by atoms with Crippen molar-refractivity contribution in [2.24, 2.45) is 7.05 Å². The number of nitrogens with one attached hydrogen (secondary N) is 1. The zero-order valence-corrected chi connectivity index (χ0v) is 23.8. The highest BCUT2D eigenvalue weighted by Gasteiger charge is 2.21. The molecule has 0 spiro atoms. The molecule has 8 heteroatoms. The van der Waals surface area contributed by atoms with Crippen molar-refractivity contribution in [2.45, 2.75) is 39.2 Å². The van der Waals surface area contributed by atoms with Crippen LogP contribution in [0.2, 0.25) is 5.02 Å². The standard InChI is InChI=1S/C32H35ClN4O3/c1-23-26(32(35-36(23)2)24-12-6-5-7-13-24)21-37-18-10-3-4-11-19-39-29-14-8-9-15-30(29)40-28-17-16-25(33)20-27(28)34-31(38)22-37/h5-9,12-17,20H,3-4,10-11,18-19,21-22H2,1-2H3,(H,34,38). The maximum Gasteiger partial charge on any atom is 0.238 e. The molecular formula is C32H35ClN4O3. The minimum absolute atomic E-state index is 0.133. The van der Waals surface area contributed by atoms with Crippen LogP contribution in [0.1, 0.15) is 36.9 Å². The molecule has 5 rings (SSSR count). The molecule has 0 saturated heterocycles. The van der Waals surface area contributed by atoms with Crippen LogP contribution in [0.15, 0.2) is 72.8 Å². The Morgan fingerprint density at radius 1 is 0.925 bits per heavy atom. The third kappa shape index (κ3) is 6.84. The molecule has 1 N–H and O–H groups in total. The van der Waals surface area contributed by atoms with Crippen LogP contribution >= 0.6 is 11.6 Å². The van der Waals surface area contributed by atoms with Crippen LogP contribution in [0.25, 0.3) is 11.3 Å². The Bertz CT molecular complexity index is 1450. The Kier molecular flexibility index (Phi) is 9.04. The molecule has 40 heavy (non-hydrogen) atoms. The topological polar surface area (TPSA) is 68.6 Å². The first kappa shape index (κ1) is 27.7. The molecule has 1 aromatic heterocycles. The fraction of sp³-hybridized carbons (Fsp3) is 0.312. The number of halogens is 1. The molecule has 0 bridgehead atoms. The van der Waals surface area contributed by atoms with Gasteiger partial charge in [-0.15, -0.1) is 0 Å². The van der Waals surface area contributed by atoms with E-state index >= 15 is 0 Å². The van der Waals surface area contributed by atoms with E-state index in [1.165, 1.54) is 0 Å². The quantitative estimate of drug-likeness (QED) is 0.287. The van der Waals surface area contributed by atoms with E-state index in [1.54, 1.807) is 18.2 Å². The lowest BCUT2D eigenvalue weighted by atomic mass is 10.1. The number of ether oxygens (including phenoxy) is 2. The number of anilines is 1. The Hall–Kier alpha value is -3.81. The molecular weight excluding hydrogens is 524 g/mol. The summed E-state index contributed by atoms with van der Waals surface area (Å²) in [4.78, 5) is 15.6. The summed E-state index contributed by atoms with van der Waals surface area (Å²) in [6, 6.07) is 23.0. The van der Waals surface area contributed by atoms with Gasteiger partial charge in [0.15, 0.2) is 17.2 Å². The van der Waals surface area contributed by atoms with Gasteiger partial charge in [0.05, 0.1) is 24.5 Å². The Balaban J connectivity index is 1.42. The zero-order valence-electron chi connectivity index (χ0n) is 23.0. The summed E-state index contributed by atoms with van der Waals surface area (Å²) in [6.07, 6.45) is 4.03. The molecule has 2 heterocycles. The SMILES string of the molecule is Cc1c(CN2CCCCCCOc3ccccc3Oc3ccc(Cl)cc3NC(=O)C2)c(-c2ccccc2)nn1C. The molecule has 0 fully saturated rings. The van der Waals surface area contributed by atoms with Crippen LogP contribution in [0, 0.1) is 6.92 Å². The van der Waals surface area contributed by atoms with Gasteiger partial charge in [-0.05, 0) is 56.6 Å². The average Bonchev–Trinajstić information content (AvgIpc) is 3.23. The number of fused-ring (bicyclic) bond motifs is 2. The Morgan fingerprint density at radius 2 is 1.68 bits per heavy atom. The summed E-state index contributed by atoms with van der Waals surface area (Å²) in [5.74, 6) is 1.64. The summed E-state index contributed by atoms with van der Waals surface area (Å²) in [5, 5.41) is 8.37. The predicted molar refractivity (Wildman–Crippen MR) is 159 cm³/mol. The highest BCUT2D eigenvalue weighted by molar-refractivity contribution is 6.31. The van der Waals surface area contributed by atoms with Crippen LogP contribution in [0.4, 0.5) is 5.69 Å². The predicted octanol–water partition coefficient (Wildman–Crippen LogP) is 7.23. The molecule has 4 aromatic rings. The first-order valence-electron chi connectivity index (χ1n) is 13.8. The zero-order chi connectivity index (χ0) is 27.9. The van der Waals surface area contributed by atoms with Crippen LogP contribution in [0.5, 0.6) is 17.2 Å². The van der Waals surface area contributed by atoms with E-state index in [0.29, 0.717) is 41.1 Å². The molecule has 0 radical (unpaired) electrons. The lowest BCUT2D eigenvalue weighted by Gasteiger charge is -2.23. The monoisotopic (exact) mass is 558 g/mol. The molecule has 0 atom stereocenters. The molecule has 208 valence electrons. The molecule has 1 aliphatic heterocycles. The van der Waals surface area contributed by atoms with Crippen LogP contribution in [-0.4, -0.2) is 40.3 Å². The Labute approximate surface area is 240 Å². The second-order valence-electron chi connectivity index (χ2n) is 10.1. The van der Waals surface area contributed by atoms with Crippen molar-refractivity contribution in [3.63, 3.8) is 0 Å². The van der Waals surface area contributed by atoms with Gasteiger partial charge in [-0.1, -0.05) is 66.9 Å². The van der Waals surface area contributed by atoms with E-state index in [4.69, 9.17) is 26.2 Å². The third-order valence-corrected chi connectivity index (χ3v) is 7.40. The first-order valence-corrected chi connectivity index (χ1v) is 14.1. The minimum Gasteiger partial charge on any atom is -0.490 e. The lowest BCUT2D eigenvalue weighted by molar-refractivity contribution is -0.117. The summed E-state index contributed by atoms with van der Waals surface area (Å²) in [5.41, 5.74) is 4.76. The molecule has 7 nitrogen and oxygen atoms in total. The molecule has 1 aliphatic rings. The smallest absolute Gasteiger partial charge is 0.238 e. The fourth-order valence-electron chi connectivity index (χ4n) is 4.93. The number of aromatic nitrogens is 2. The number of aryl methyl sites for hydroxylation is 1. The molecule has 0 unspecified atom stereocenters. The number of amides is 1. The fourth-order valence-corrected chi connectivity index (χ4v) is 5.11. The number of para-hydroxylation sites is 2. The number of benzene rings is 3. The van der Waals surface area contributed by atoms with Crippen LogP contribution < -0.4 is 14.8 Å². The molecule has 0 aliphatic carbocycles. The van der Waals surface area contributed by atoms with E-state index in [1.807, 2.05) is 54.2 Å². The van der Waals surface area contributed by atoms with Crippen molar-refractivity contribution >= 4 is 23.2 Å². The maximum absolute atomic E-state index is 13.4. The van der Waals surface area contributed by atoms with Gasteiger partial charge in [0.2, 0.25) is 5.91 Å². The number of rotatable bonds is 3. The van der Waals surface area contributed by atoms with E-state index in [2.05, 4.69) is 29.3 Å². The lowest BCUT2D eigenvalue weighted by Crippen LogP contribution is -2.34. The number of nitrogens with zero attached hydrogens (tertiary/aromatic N) is 3. The number of carbonyl (C=O) groups excluding carboxylic acids is 1. The van der Waals surface area contributed by atoms with Crippen molar-refractivity contribution < 1.29 is 14.3 Å². The molecule has 3 aromatic carbocycles. The van der Waals surface area contributed by atoms with Crippen molar-refractivity contribution in [3.05, 3.63) is 89.1 Å². The van der Waals surface area contributed by atoms with Crippen molar-refractivity contribution in [2.75, 3.05) is 25.0 Å². The highest BCUT2D eigenvalue weighted by atomic mass is 35.5. The average molecular weight is 559 g/mol. The van der Waals surface area contributed by atoms with E-state index in [0.717, 1.165) is 54.7 Å². The van der Waals surface area contributed by atoms with E-state index in [-0.39, 0.29) is 12.5 Å². The van der Waals surface area contributed by atoms with Gasteiger partial charge in [0.1, 0.15) is 0 Å². The molecule has 0 saturated carbocycles. The summed E-state index contributed by atoms with van der Waals surface area (Å²) < 4.78 is 14.2. The first-order chi connectivity index (χ1) is 19.5. The van der Waals surface area contributed by atoms with Gasteiger partial charge in [0, 0.05) is 35.4 Å². The van der Waals surface area contributed by atoms with E-state index < -0.39 is 0 Å². The van der Waals surface area contributed by atoms with Gasteiger partial charge < -0.3 is 14.8 Å². The van der Waals surface area contributed by atoms with Gasteiger partial charge >= 0.3 is 0 Å². The second-order valence-corrected chi connectivity index (χ2v) is 10.5. The van der Waals surface area contributed by atoms with Crippen molar-refractivity contribution in [3.8, 4) is 28.5 Å². The van der Waals surface area contributed by atoms with Crippen molar-refractivity contribution in [1.82, 2.24) is 14.7 Å².